The molecular weight excluding hydrogens is 326 g/mol. The summed E-state index contributed by atoms with van der Waals surface area (Å²) in [7, 11) is 0. The highest BCUT2D eigenvalue weighted by Crippen LogP contribution is 2.40. The number of ketones is 1. The van der Waals surface area contributed by atoms with E-state index in [-0.39, 0.29) is 11.8 Å². The van der Waals surface area contributed by atoms with E-state index in [9.17, 15) is 4.79 Å². The third-order valence-corrected chi connectivity index (χ3v) is 4.92. The number of allylic oxidation sites excluding steroid dienone is 2. The molecule has 1 aromatic carbocycles. The van der Waals surface area contributed by atoms with Crippen LogP contribution in [0.3, 0.4) is 0 Å². The number of pyridine rings is 1. The molecule has 26 heavy (non-hydrogen) atoms. The van der Waals surface area contributed by atoms with Crippen LogP contribution in [0.2, 0.25) is 0 Å². The molecular formula is C20H17N5O. The van der Waals surface area contributed by atoms with Crippen LogP contribution < -0.4 is 5.32 Å². The van der Waals surface area contributed by atoms with Crippen LogP contribution in [0.25, 0.3) is 11.4 Å². The average Bonchev–Trinajstić information content (AvgIpc) is 3.12. The van der Waals surface area contributed by atoms with Gasteiger partial charge in [0.2, 0.25) is 5.95 Å². The van der Waals surface area contributed by atoms with E-state index in [4.69, 9.17) is 10.1 Å². The highest BCUT2D eigenvalue weighted by atomic mass is 16.1. The Kier molecular flexibility index (Phi) is 3.41. The van der Waals surface area contributed by atoms with E-state index >= 15 is 0 Å². The number of rotatable bonds is 2. The van der Waals surface area contributed by atoms with Crippen LogP contribution in [0.15, 0.2) is 66.1 Å². The quantitative estimate of drug-likeness (QED) is 0.772. The maximum absolute atomic E-state index is 12.7. The number of carbonyl (C=O) groups is 1. The lowest BCUT2D eigenvalue weighted by molar-refractivity contribution is -0.116. The molecule has 6 nitrogen and oxygen atoms in total. The number of hydrogen-bond acceptors (Lipinski definition) is 5. The first-order chi connectivity index (χ1) is 12.8. The van der Waals surface area contributed by atoms with Crippen molar-refractivity contribution in [3.05, 3.63) is 71.7 Å². The molecule has 0 radical (unpaired) electrons. The molecule has 1 atom stereocenters. The van der Waals surface area contributed by atoms with Crippen LogP contribution in [-0.4, -0.2) is 25.5 Å². The number of benzene rings is 1. The lowest BCUT2D eigenvalue weighted by Crippen LogP contribution is -2.31. The van der Waals surface area contributed by atoms with Gasteiger partial charge in [0.15, 0.2) is 11.6 Å². The molecule has 3 aromatic rings. The van der Waals surface area contributed by atoms with Crippen molar-refractivity contribution in [2.24, 2.45) is 0 Å². The molecule has 5 rings (SSSR count). The van der Waals surface area contributed by atoms with Crippen molar-refractivity contribution in [3.8, 4) is 11.4 Å². The van der Waals surface area contributed by atoms with E-state index < -0.39 is 0 Å². The van der Waals surface area contributed by atoms with Crippen LogP contribution >= 0.6 is 0 Å². The summed E-state index contributed by atoms with van der Waals surface area (Å²) in [5.41, 5.74) is 3.73. The maximum Gasteiger partial charge on any atom is 0.226 e. The number of fused-ring (bicyclic) bond motifs is 1. The Morgan fingerprint density at radius 1 is 1.04 bits per heavy atom. The van der Waals surface area contributed by atoms with Gasteiger partial charge in [-0.15, -0.1) is 5.10 Å². The van der Waals surface area contributed by atoms with Gasteiger partial charge < -0.3 is 5.32 Å². The smallest absolute Gasteiger partial charge is 0.226 e. The van der Waals surface area contributed by atoms with Crippen LogP contribution in [0.5, 0.6) is 0 Å². The second-order valence-corrected chi connectivity index (χ2v) is 6.55. The molecule has 0 bridgehead atoms. The topological polar surface area (TPSA) is 72.7 Å². The van der Waals surface area contributed by atoms with Gasteiger partial charge in [0.1, 0.15) is 6.04 Å². The van der Waals surface area contributed by atoms with Crippen LogP contribution in [-0.2, 0) is 4.79 Å². The van der Waals surface area contributed by atoms with Crippen molar-refractivity contribution in [1.29, 1.82) is 0 Å². The van der Waals surface area contributed by atoms with Crippen molar-refractivity contribution < 1.29 is 4.79 Å². The van der Waals surface area contributed by atoms with E-state index in [0.717, 1.165) is 35.2 Å². The van der Waals surface area contributed by atoms with E-state index in [1.165, 1.54) is 0 Å². The van der Waals surface area contributed by atoms with Crippen molar-refractivity contribution in [1.82, 2.24) is 19.7 Å². The third kappa shape index (κ3) is 2.34. The van der Waals surface area contributed by atoms with Gasteiger partial charge in [-0.25, -0.2) is 4.68 Å². The molecule has 3 heterocycles. The zero-order chi connectivity index (χ0) is 17.5. The monoisotopic (exact) mass is 343 g/mol. The maximum atomic E-state index is 12.7. The minimum atomic E-state index is -0.262. The van der Waals surface area contributed by atoms with Crippen LogP contribution in [0.1, 0.15) is 30.9 Å². The van der Waals surface area contributed by atoms with Crippen molar-refractivity contribution >= 4 is 11.7 Å². The normalized spacial score (nSPS) is 18.9. The Labute approximate surface area is 150 Å². The molecule has 0 spiro atoms. The largest absolute Gasteiger partial charge is 0.328 e. The van der Waals surface area contributed by atoms with Crippen LogP contribution in [0.4, 0.5) is 5.95 Å². The van der Waals surface area contributed by atoms with Gasteiger partial charge >= 0.3 is 0 Å². The molecule has 0 saturated carbocycles. The third-order valence-electron chi connectivity index (χ3n) is 4.92. The van der Waals surface area contributed by atoms with Gasteiger partial charge in [0.25, 0.3) is 0 Å². The Hall–Kier alpha value is -3.28. The Balaban J connectivity index is 1.69. The van der Waals surface area contributed by atoms with Crippen molar-refractivity contribution in [2.45, 2.75) is 25.3 Å². The van der Waals surface area contributed by atoms with Crippen molar-refractivity contribution in [3.63, 3.8) is 0 Å². The number of carbonyl (C=O) groups excluding carboxylic acids is 1. The number of hydrogen-bond donors (Lipinski definition) is 1. The van der Waals surface area contributed by atoms with Crippen molar-refractivity contribution in [2.75, 3.05) is 5.32 Å². The predicted molar refractivity (Wildman–Crippen MR) is 97.3 cm³/mol. The number of nitrogens with one attached hydrogen (secondary N) is 1. The van der Waals surface area contributed by atoms with Crippen LogP contribution in [0, 0.1) is 0 Å². The van der Waals surface area contributed by atoms with Gasteiger partial charge in [-0.3, -0.25) is 9.78 Å². The summed E-state index contributed by atoms with van der Waals surface area (Å²) in [6, 6.07) is 13.5. The Morgan fingerprint density at radius 3 is 2.65 bits per heavy atom. The molecule has 0 saturated heterocycles. The Morgan fingerprint density at radius 2 is 1.85 bits per heavy atom. The first kappa shape index (κ1) is 15.0. The molecule has 1 unspecified atom stereocenters. The second kappa shape index (κ2) is 5.91. The minimum absolute atomic E-state index is 0.183. The van der Waals surface area contributed by atoms with Gasteiger partial charge in [-0.2, -0.15) is 4.98 Å². The summed E-state index contributed by atoms with van der Waals surface area (Å²) >= 11 is 0. The van der Waals surface area contributed by atoms with Gasteiger partial charge in [-0.1, -0.05) is 30.3 Å². The molecule has 1 aliphatic carbocycles. The summed E-state index contributed by atoms with van der Waals surface area (Å²) in [5.74, 6) is 1.52. The highest BCUT2D eigenvalue weighted by molar-refractivity contribution is 5.99. The molecule has 128 valence electrons. The lowest BCUT2D eigenvalue weighted by Gasteiger charge is -2.32. The molecule has 0 fully saturated rings. The molecule has 2 aromatic heterocycles. The number of nitrogens with zero attached hydrogens (tertiary/aromatic N) is 4. The van der Waals surface area contributed by atoms with E-state index in [0.29, 0.717) is 18.2 Å². The Bertz CT molecular complexity index is 1010. The fourth-order valence-corrected chi connectivity index (χ4v) is 3.72. The standard InChI is InChI=1S/C20H17N5O/c26-16-8-4-7-15-17(16)18(13-9-11-21-12-10-13)25-20(22-15)23-19(24-25)14-5-2-1-3-6-14/h1-3,5-6,9-12,18H,4,7-8H2,(H,22,23,24). The molecule has 1 aliphatic heterocycles. The zero-order valence-corrected chi connectivity index (χ0v) is 14.1. The number of aromatic nitrogens is 4. The second-order valence-electron chi connectivity index (χ2n) is 6.55. The highest BCUT2D eigenvalue weighted by Gasteiger charge is 2.36. The van der Waals surface area contributed by atoms with E-state index in [1.807, 2.05) is 47.1 Å². The van der Waals surface area contributed by atoms with Gasteiger partial charge in [0, 0.05) is 35.6 Å². The summed E-state index contributed by atoms with van der Waals surface area (Å²) < 4.78 is 1.83. The zero-order valence-electron chi connectivity index (χ0n) is 14.1. The fraction of sp³-hybridized carbons (Fsp3) is 0.200. The predicted octanol–water partition coefficient (Wildman–Crippen LogP) is 3.36. The first-order valence-electron chi connectivity index (χ1n) is 8.76. The fourth-order valence-electron chi connectivity index (χ4n) is 3.72. The molecule has 6 heteroatoms. The molecule has 1 N–H and O–H groups in total. The molecule has 0 amide bonds. The summed E-state index contributed by atoms with van der Waals surface area (Å²) in [6.45, 7) is 0. The summed E-state index contributed by atoms with van der Waals surface area (Å²) in [4.78, 5) is 21.5. The van der Waals surface area contributed by atoms with Gasteiger partial charge in [0.05, 0.1) is 0 Å². The average molecular weight is 343 g/mol. The summed E-state index contributed by atoms with van der Waals surface area (Å²) in [5, 5.41) is 8.09. The molecule has 2 aliphatic rings. The van der Waals surface area contributed by atoms with E-state index in [2.05, 4.69) is 10.3 Å². The number of Topliss-reactive ketones (excluding diaryl/α,β-unsaturated/α-hetero) is 1. The SMILES string of the molecule is O=C1CCCC2=C1C(c1ccncc1)n1nc(-c3ccccc3)nc1N2. The van der Waals surface area contributed by atoms with Gasteiger partial charge in [-0.05, 0) is 30.5 Å². The minimum Gasteiger partial charge on any atom is -0.328 e. The number of anilines is 1. The first-order valence-corrected chi connectivity index (χ1v) is 8.76. The lowest BCUT2D eigenvalue weighted by atomic mass is 9.86. The van der Waals surface area contributed by atoms with E-state index in [1.54, 1.807) is 12.4 Å². The summed E-state index contributed by atoms with van der Waals surface area (Å²) in [6.07, 6.45) is 5.81.